The van der Waals surface area contributed by atoms with Crippen molar-refractivity contribution >= 4 is 5.69 Å². The molecule has 0 bridgehead atoms. The molecule has 98 valence electrons. The van der Waals surface area contributed by atoms with E-state index in [9.17, 15) is 8.78 Å². The fourth-order valence-electron chi connectivity index (χ4n) is 2.69. The highest BCUT2D eigenvalue weighted by Gasteiger charge is 2.29. The van der Waals surface area contributed by atoms with Crippen LogP contribution in [0.1, 0.15) is 25.7 Å². The Morgan fingerprint density at radius 3 is 2.44 bits per heavy atom. The van der Waals surface area contributed by atoms with Crippen LogP contribution in [0.15, 0.2) is 18.2 Å². The number of rotatable bonds is 3. The van der Waals surface area contributed by atoms with Crippen LogP contribution < -0.4 is 10.2 Å². The molecule has 2 nitrogen and oxygen atoms in total. The summed E-state index contributed by atoms with van der Waals surface area (Å²) in [7, 11) is 0. The molecule has 0 radical (unpaired) electrons. The highest BCUT2D eigenvalue weighted by Crippen LogP contribution is 2.27. The molecule has 1 unspecified atom stereocenters. The lowest BCUT2D eigenvalue weighted by molar-refractivity contribution is 0.413. The quantitative estimate of drug-likeness (QED) is 0.889. The number of hydrogen-bond acceptors (Lipinski definition) is 2. The molecule has 1 aliphatic heterocycles. The van der Waals surface area contributed by atoms with Gasteiger partial charge >= 0.3 is 0 Å². The van der Waals surface area contributed by atoms with Crippen LogP contribution in [-0.2, 0) is 0 Å². The van der Waals surface area contributed by atoms with Gasteiger partial charge in [0.25, 0.3) is 0 Å². The smallest absolute Gasteiger partial charge is 0.149 e. The predicted molar refractivity (Wildman–Crippen MR) is 67.8 cm³/mol. The molecule has 1 aliphatic carbocycles. The second-order valence-electron chi connectivity index (χ2n) is 5.30. The lowest BCUT2D eigenvalue weighted by atomic mass is 10.0. The number of anilines is 1. The minimum Gasteiger partial charge on any atom is -0.365 e. The van der Waals surface area contributed by atoms with Crippen LogP contribution in [0.25, 0.3) is 0 Å². The van der Waals surface area contributed by atoms with Crippen molar-refractivity contribution in [3.63, 3.8) is 0 Å². The highest BCUT2D eigenvalue weighted by atomic mass is 19.1. The average Bonchev–Trinajstić information content (AvgIpc) is 3.13. The fraction of sp³-hybridized carbons (Fsp3) is 0.571. The zero-order valence-electron chi connectivity index (χ0n) is 10.3. The maximum atomic E-state index is 13.7. The van der Waals surface area contributed by atoms with E-state index in [0.717, 1.165) is 19.4 Å². The van der Waals surface area contributed by atoms with Gasteiger partial charge in [-0.1, -0.05) is 6.07 Å². The van der Waals surface area contributed by atoms with Gasteiger partial charge in [0.15, 0.2) is 0 Å². The van der Waals surface area contributed by atoms with Crippen LogP contribution >= 0.6 is 0 Å². The van der Waals surface area contributed by atoms with Gasteiger partial charge in [-0.25, -0.2) is 8.78 Å². The first kappa shape index (κ1) is 11.9. The standard InChI is InChI=1S/C14H18F2N2/c15-12-4-1-5-13(16)14(12)18-8-2-3-11(9-18)17-10-6-7-10/h1,4-5,10-11,17H,2-3,6-9H2. The summed E-state index contributed by atoms with van der Waals surface area (Å²) >= 11 is 0. The highest BCUT2D eigenvalue weighted by molar-refractivity contribution is 5.49. The van der Waals surface area contributed by atoms with E-state index in [2.05, 4.69) is 5.32 Å². The van der Waals surface area contributed by atoms with E-state index >= 15 is 0 Å². The third kappa shape index (κ3) is 2.48. The Morgan fingerprint density at radius 1 is 1.06 bits per heavy atom. The van der Waals surface area contributed by atoms with Gasteiger partial charge in [-0.3, -0.25) is 0 Å². The van der Waals surface area contributed by atoms with Crippen molar-refractivity contribution in [1.82, 2.24) is 5.32 Å². The van der Waals surface area contributed by atoms with Crippen LogP contribution in [0, 0.1) is 11.6 Å². The maximum absolute atomic E-state index is 13.7. The van der Waals surface area contributed by atoms with Crippen molar-refractivity contribution in [1.29, 1.82) is 0 Å². The van der Waals surface area contributed by atoms with Gasteiger partial charge < -0.3 is 10.2 Å². The van der Waals surface area contributed by atoms with Crippen molar-refractivity contribution in [2.75, 3.05) is 18.0 Å². The summed E-state index contributed by atoms with van der Waals surface area (Å²) in [6.45, 7) is 1.44. The van der Waals surface area contributed by atoms with Gasteiger partial charge in [0.05, 0.1) is 0 Å². The number of nitrogens with one attached hydrogen (secondary N) is 1. The largest absolute Gasteiger partial charge is 0.365 e. The van der Waals surface area contributed by atoms with E-state index in [0.29, 0.717) is 18.6 Å². The van der Waals surface area contributed by atoms with Gasteiger partial charge in [0, 0.05) is 25.2 Å². The number of hydrogen-bond donors (Lipinski definition) is 1. The molecule has 3 rings (SSSR count). The third-order valence-electron chi connectivity index (χ3n) is 3.72. The van der Waals surface area contributed by atoms with Gasteiger partial charge in [-0.2, -0.15) is 0 Å². The molecular weight excluding hydrogens is 234 g/mol. The number of halogens is 2. The molecule has 1 aromatic rings. The Bertz CT molecular complexity index is 412. The monoisotopic (exact) mass is 252 g/mol. The first-order valence-electron chi connectivity index (χ1n) is 6.69. The van der Waals surface area contributed by atoms with Crippen LogP contribution in [0.2, 0.25) is 0 Å². The SMILES string of the molecule is Fc1cccc(F)c1N1CCCC(NC2CC2)C1. The van der Waals surface area contributed by atoms with Crippen molar-refractivity contribution in [2.45, 2.75) is 37.8 Å². The summed E-state index contributed by atoms with van der Waals surface area (Å²) in [6.07, 6.45) is 4.57. The topological polar surface area (TPSA) is 15.3 Å². The molecule has 18 heavy (non-hydrogen) atoms. The van der Waals surface area contributed by atoms with E-state index in [1.807, 2.05) is 4.90 Å². The number of nitrogens with zero attached hydrogens (tertiary/aromatic N) is 1. The molecule has 1 saturated heterocycles. The maximum Gasteiger partial charge on any atom is 0.149 e. The van der Waals surface area contributed by atoms with E-state index in [1.165, 1.54) is 31.0 Å². The normalized spacial score (nSPS) is 24.3. The van der Waals surface area contributed by atoms with Crippen molar-refractivity contribution < 1.29 is 8.78 Å². The Morgan fingerprint density at radius 2 is 1.78 bits per heavy atom. The van der Waals surface area contributed by atoms with Crippen molar-refractivity contribution in [2.24, 2.45) is 0 Å². The van der Waals surface area contributed by atoms with E-state index in [4.69, 9.17) is 0 Å². The fourth-order valence-corrected chi connectivity index (χ4v) is 2.69. The van der Waals surface area contributed by atoms with E-state index < -0.39 is 11.6 Å². The van der Waals surface area contributed by atoms with Crippen LogP contribution in [0.4, 0.5) is 14.5 Å². The van der Waals surface area contributed by atoms with Gasteiger partial charge in [-0.05, 0) is 37.8 Å². The van der Waals surface area contributed by atoms with Crippen LogP contribution in [-0.4, -0.2) is 25.2 Å². The molecule has 1 heterocycles. The minimum absolute atomic E-state index is 0.139. The first-order valence-corrected chi connectivity index (χ1v) is 6.69. The molecule has 1 aromatic carbocycles. The molecule has 1 N–H and O–H groups in total. The van der Waals surface area contributed by atoms with Gasteiger partial charge in [0.2, 0.25) is 0 Å². The second kappa shape index (κ2) is 4.84. The first-order chi connectivity index (χ1) is 8.74. The lowest BCUT2D eigenvalue weighted by Gasteiger charge is -2.35. The molecule has 1 saturated carbocycles. The van der Waals surface area contributed by atoms with Crippen LogP contribution in [0.3, 0.4) is 0 Å². The molecule has 0 amide bonds. The number of benzene rings is 1. The Hall–Kier alpha value is -1.16. The minimum atomic E-state index is -0.456. The molecule has 0 spiro atoms. The predicted octanol–water partition coefficient (Wildman–Crippen LogP) is 2.69. The summed E-state index contributed by atoms with van der Waals surface area (Å²) < 4.78 is 27.5. The molecule has 2 aliphatic rings. The average molecular weight is 252 g/mol. The lowest BCUT2D eigenvalue weighted by Crippen LogP contribution is -2.47. The van der Waals surface area contributed by atoms with E-state index in [-0.39, 0.29) is 5.69 Å². The Kier molecular flexibility index (Phi) is 3.20. The van der Waals surface area contributed by atoms with Crippen molar-refractivity contribution in [3.05, 3.63) is 29.8 Å². The van der Waals surface area contributed by atoms with Gasteiger partial charge in [-0.15, -0.1) is 0 Å². The van der Waals surface area contributed by atoms with Crippen LogP contribution in [0.5, 0.6) is 0 Å². The number of piperidine rings is 1. The van der Waals surface area contributed by atoms with Gasteiger partial charge in [0.1, 0.15) is 17.3 Å². The molecule has 1 atom stereocenters. The summed E-state index contributed by atoms with van der Waals surface area (Å²) in [6, 6.07) is 5.08. The summed E-state index contributed by atoms with van der Waals surface area (Å²) in [4.78, 5) is 1.84. The van der Waals surface area contributed by atoms with E-state index in [1.54, 1.807) is 0 Å². The molecular formula is C14H18F2N2. The Labute approximate surface area is 106 Å². The third-order valence-corrected chi connectivity index (χ3v) is 3.72. The summed E-state index contributed by atoms with van der Waals surface area (Å²) in [5.41, 5.74) is 0.139. The summed E-state index contributed by atoms with van der Waals surface area (Å²) in [5, 5.41) is 3.54. The number of para-hydroxylation sites is 1. The second-order valence-corrected chi connectivity index (χ2v) is 5.30. The summed E-state index contributed by atoms with van der Waals surface area (Å²) in [5.74, 6) is -0.913. The zero-order chi connectivity index (χ0) is 12.5. The molecule has 0 aromatic heterocycles. The molecule has 4 heteroatoms. The van der Waals surface area contributed by atoms with Crippen molar-refractivity contribution in [3.8, 4) is 0 Å². The zero-order valence-corrected chi connectivity index (χ0v) is 10.3. The molecule has 2 fully saturated rings. The Balaban J connectivity index is 1.74.